The summed E-state index contributed by atoms with van der Waals surface area (Å²) in [5.74, 6) is 0. The van der Waals surface area contributed by atoms with Gasteiger partial charge in [-0.2, -0.15) is 0 Å². The monoisotopic (exact) mass is 200 g/mol. The van der Waals surface area contributed by atoms with Crippen molar-refractivity contribution in [3.63, 3.8) is 0 Å². The molecule has 0 aliphatic heterocycles. The Balaban J connectivity index is 2.18. The predicted molar refractivity (Wildman–Crippen MR) is 61.8 cm³/mol. The minimum atomic E-state index is 0.765. The molecule has 0 amide bonds. The normalized spacial score (nSPS) is 9.93. The maximum absolute atomic E-state index is 5.69. The highest BCUT2D eigenvalue weighted by molar-refractivity contribution is 5.62. The van der Waals surface area contributed by atoms with Crippen LogP contribution in [0.1, 0.15) is 0 Å². The van der Waals surface area contributed by atoms with Crippen LogP contribution in [0.3, 0.4) is 0 Å². The second-order valence-electron chi connectivity index (χ2n) is 3.50. The zero-order valence-corrected chi connectivity index (χ0v) is 8.64. The van der Waals surface area contributed by atoms with Crippen molar-refractivity contribution in [3.8, 4) is 0 Å². The lowest BCUT2D eigenvalue weighted by Gasteiger charge is -2.05. The first-order chi connectivity index (χ1) is 7.24. The first kappa shape index (κ1) is 9.52. The van der Waals surface area contributed by atoms with Crippen LogP contribution in [-0.2, 0) is 7.05 Å². The van der Waals surface area contributed by atoms with Gasteiger partial charge in [-0.3, -0.25) is 0 Å². The highest BCUT2D eigenvalue weighted by Crippen LogP contribution is 2.17. The third-order valence-electron chi connectivity index (χ3n) is 2.15. The Kier molecular flexibility index (Phi) is 2.54. The molecule has 0 unspecified atom stereocenters. The summed E-state index contributed by atoms with van der Waals surface area (Å²) in [6.07, 6.45) is 3.99. The number of aromatic nitrogens is 1. The van der Waals surface area contributed by atoms with Crippen LogP contribution >= 0.6 is 0 Å². The van der Waals surface area contributed by atoms with Crippen LogP contribution in [0.4, 0.5) is 17.1 Å². The van der Waals surface area contributed by atoms with Crippen LogP contribution < -0.4 is 15.6 Å². The van der Waals surface area contributed by atoms with E-state index in [4.69, 9.17) is 5.73 Å². The van der Waals surface area contributed by atoms with Crippen molar-refractivity contribution in [1.82, 2.24) is 0 Å². The lowest BCUT2D eigenvalue weighted by atomic mass is 10.2. The summed E-state index contributed by atoms with van der Waals surface area (Å²) in [6, 6.07) is 11.7. The van der Waals surface area contributed by atoms with Crippen LogP contribution in [0.5, 0.6) is 0 Å². The molecule has 0 bridgehead atoms. The van der Waals surface area contributed by atoms with E-state index in [2.05, 4.69) is 5.32 Å². The number of pyridine rings is 1. The van der Waals surface area contributed by atoms with Gasteiger partial charge in [0.25, 0.3) is 0 Å². The fourth-order valence-corrected chi connectivity index (χ4v) is 1.37. The molecule has 15 heavy (non-hydrogen) atoms. The molecule has 0 radical (unpaired) electrons. The van der Waals surface area contributed by atoms with Crippen molar-refractivity contribution in [3.05, 3.63) is 48.8 Å². The van der Waals surface area contributed by atoms with Gasteiger partial charge in [-0.05, 0) is 18.2 Å². The van der Waals surface area contributed by atoms with Gasteiger partial charge in [-0.15, -0.1) is 0 Å². The first-order valence-corrected chi connectivity index (χ1v) is 4.82. The number of anilines is 3. The quantitative estimate of drug-likeness (QED) is 0.573. The lowest BCUT2D eigenvalue weighted by Crippen LogP contribution is -2.25. The molecule has 0 atom stereocenters. The van der Waals surface area contributed by atoms with Gasteiger partial charge in [0, 0.05) is 23.5 Å². The number of nitrogens with one attached hydrogen (secondary N) is 1. The van der Waals surface area contributed by atoms with Gasteiger partial charge in [-0.1, -0.05) is 6.07 Å². The van der Waals surface area contributed by atoms with E-state index in [0.29, 0.717) is 0 Å². The van der Waals surface area contributed by atoms with Gasteiger partial charge in [0.05, 0.1) is 5.69 Å². The summed E-state index contributed by atoms with van der Waals surface area (Å²) in [6.45, 7) is 0. The molecule has 0 aliphatic rings. The minimum Gasteiger partial charge on any atom is -0.399 e. The van der Waals surface area contributed by atoms with Crippen molar-refractivity contribution in [2.75, 3.05) is 11.1 Å². The molecule has 3 nitrogen and oxygen atoms in total. The molecule has 1 aromatic heterocycles. The lowest BCUT2D eigenvalue weighted by molar-refractivity contribution is -0.671. The Bertz CT molecular complexity index is 449. The van der Waals surface area contributed by atoms with Gasteiger partial charge >= 0.3 is 0 Å². The van der Waals surface area contributed by atoms with Crippen molar-refractivity contribution in [2.24, 2.45) is 7.05 Å². The van der Waals surface area contributed by atoms with Crippen LogP contribution in [0.25, 0.3) is 0 Å². The van der Waals surface area contributed by atoms with Gasteiger partial charge in [0.15, 0.2) is 12.4 Å². The Labute approximate surface area is 89.2 Å². The molecule has 0 saturated heterocycles. The average Bonchev–Trinajstić information content (AvgIpc) is 2.22. The maximum atomic E-state index is 5.69. The molecule has 0 spiro atoms. The van der Waals surface area contributed by atoms with Gasteiger partial charge in [-0.25, -0.2) is 4.57 Å². The average molecular weight is 200 g/mol. The van der Waals surface area contributed by atoms with Gasteiger partial charge in [0.1, 0.15) is 7.05 Å². The van der Waals surface area contributed by atoms with Crippen LogP contribution in [-0.4, -0.2) is 0 Å². The number of nitrogen functional groups attached to an aromatic ring is 1. The molecule has 2 aromatic rings. The fraction of sp³-hybridized carbons (Fsp3) is 0.0833. The summed E-state index contributed by atoms with van der Waals surface area (Å²) < 4.78 is 1.99. The Morgan fingerprint density at radius 2 is 1.80 bits per heavy atom. The largest absolute Gasteiger partial charge is 0.399 e. The van der Waals surface area contributed by atoms with Gasteiger partial charge < -0.3 is 11.1 Å². The fourth-order valence-electron chi connectivity index (χ4n) is 1.37. The van der Waals surface area contributed by atoms with Crippen molar-refractivity contribution in [1.29, 1.82) is 0 Å². The summed E-state index contributed by atoms with van der Waals surface area (Å²) >= 11 is 0. The summed E-state index contributed by atoms with van der Waals surface area (Å²) in [4.78, 5) is 0. The summed E-state index contributed by atoms with van der Waals surface area (Å²) in [7, 11) is 1.99. The zero-order chi connectivity index (χ0) is 10.7. The molecular formula is C12H14N3+. The highest BCUT2D eigenvalue weighted by atomic mass is 14.9. The van der Waals surface area contributed by atoms with E-state index in [1.165, 1.54) is 0 Å². The molecule has 3 heteroatoms. The molecule has 0 fully saturated rings. The first-order valence-electron chi connectivity index (χ1n) is 4.82. The number of rotatable bonds is 2. The Morgan fingerprint density at radius 1 is 1.07 bits per heavy atom. The molecule has 2 rings (SSSR count). The molecule has 0 aliphatic carbocycles. The van der Waals surface area contributed by atoms with E-state index >= 15 is 0 Å². The molecule has 1 heterocycles. The van der Waals surface area contributed by atoms with Gasteiger partial charge in [0.2, 0.25) is 0 Å². The van der Waals surface area contributed by atoms with Crippen LogP contribution in [0.15, 0.2) is 48.8 Å². The van der Waals surface area contributed by atoms with Crippen molar-refractivity contribution in [2.45, 2.75) is 0 Å². The molecule has 3 N–H and O–H groups in total. The molecule has 76 valence electrons. The second kappa shape index (κ2) is 4.00. The predicted octanol–water partition coefficient (Wildman–Crippen LogP) is 1.84. The number of aryl methyl sites for hydroxylation is 1. The number of benzene rings is 1. The van der Waals surface area contributed by atoms with E-state index in [1.807, 2.05) is 60.4 Å². The van der Waals surface area contributed by atoms with E-state index in [9.17, 15) is 0 Å². The summed E-state index contributed by atoms with van der Waals surface area (Å²) in [5.41, 5.74) is 8.52. The minimum absolute atomic E-state index is 0.765. The zero-order valence-electron chi connectivity index (χ0n) is 8.64. The van der Waals surface area contributed by atoms with E-state index in [-0.39, 0.29) is 0 Å². The number of nitrogens with two attached hydrogens (primary N) is 1. The Hall–Kier alpha value is -2.03. The maximum Gasteiger partial charge on any atom is 0.170 e. The topological polar surface area (TPSA) is 41.9 Å². The third-order valence-corrected chi connectivity index (χ3v) is 2.15. The van der Waals surface area contributed by atoms with Crippen LogP contribution in [0, 0.1) is 0 Å². The number of hydrogen-bond acceptors (Lipinski definition) is 2. The standard InChI is InChI=1S/C12H13N3/c1-15-7-5-11(6-8-15)14-12-4-2-3-10(13)9-12/h2-9H,13H2,1H3/p+1. The van der Waals surface area contributed by atoms with Crippen molar-refractivity contribution >= 4 is 17.1 Å². The summed E-state index contributed by atoms with van der Waals surface area (Å²) in [5, 5.41) is 3.28. The molecule has 0 saturated carbocycles. The number of nitrogens with zero attached hydrogens (tertiary/aromatic N) is 1. The third kappa shape index (κ3) is 2.47. The smallest absolute Gasteiger partial charge is 0.170 e. The van der Waals surface area contributed by atoms with E-state index in [1.54, 1.807) is 0 Å². The number of hydrogen-bond donors (Lipinski definition) is 2. The SMILES string of the molecule is C[n+]1ccc(Nc2cccc(N)c2)cc1. The van der Waals surface area contributed by atoms with E-state index < -0.39 is 0 Å². The molecular weight excluding hydrogens is 186 g/mol. The Morgan fingerprint density at radius 3 is 2.47 bits per heavy atom. The van der Waals surface area contributed by atoms with Crippen LogP contribution in [0.2, 0.25) is 0 Å². The highest BCUT2D eigenvalue weighted by Gasteiger charge is 1.96. The second-order valence-corrected chi connectivity index (χ2v) is 3.50. The van der Waals surface area contributed by atoms with Crippen molar-refractivity contribution < 1.29 is 4.57 Å². The molecule has 1 aromatic carbocycles. The van der Waals surface area contributed by atoms with E-state index in [0.717, 1.165) is 17.1 Å².